The summed E-state index contributed by atoms with van der Waals surface area (Å²) in [6.45, 7) is -1.80. The van der Waals surface area contributed by atoms with E-state index < -0.39 is 18.7 Å². The Morgan fingerprint density at radius 1 is 1.08 bits per heavy atom. The van der Waals surface area contributed by atoms with Gasteiger partial charge in [-0.15, -0.1) is 0 Å². The number of benzene rings is 2. The molecule has 0 atom stereocenters. The normalized spacial score (nSPS) is 10.6. The Kier molecular flexibility index (Phi) is 5.84. The lowest BCUT2D eigenvalue weighted by Gasteiger charge is -2.14. The van der Waals surface area contributed by atoms with Crippen LogP contribution in [0.25, 0.3) is 0 Å². The molecule has 2 rings (SSSR count). The molecule has 0 aromatic heterocycles. The van der Waals surface area contributed by atoms with E-state index in [9.17, 15) is 18.0 Å². The number of nitrogens with zero attached hydrogens (tertiary/aromatic N) is 1. The highest BCUT2D eigenvalue weighted by atomic mass is 19.4. The van der Waals surface area contributed by atoms with Crippen molar-refractivity contribution in [3.63, 3.8) is 0 Å². The standard InChI is InChI=1S/C17H13F3N2O3/c18-17(19,20)11-25-15-4-2-1-3-14(15)22-16(23)10-24-13-7-5-12(9-21)6-8-13/h1-8H,10-11H2,(H,22,23). The van der Waals surface area contributed by atoms with Crippen molar-refractivity contribution in [2.24, 2.45) is 0 Å². The number of hydrogen-bond acceptors (Lipinski definition) is 4. The van der Waals surface area contributed by atoms with Crippen LogP contribution in [0.3, 0.4) is 0 Å². The summed E-state index contributed by atoms with van der Waals surface area (Å²) in [4.78, 5) is 11.9. The number of halogens is 3. The van der Waals surface area contributed by atoms with Crippen LogP contribution in [0.1, 0.15) is 5.56 Å². The molecule has 0 fully saturated rings. The van der Waals surface area contributed by atoms with Gasteiger partial charge in [0.25, 0.3) is 5.91 Å². The van der Waals surface area contributed by atoms with E-state index in [-0.39, 0.29) is 18.0 Å². The second kappa shape index (κ2) is 8.06. The van der Waals surface area contributed by atoms with E-state index in [1.54, 1.807) is 6.07 Å². The fourth-order valence-corrected chi connectivity index (χ4v) is 1.82. The Labute approximate surface area is 141 Å². The molecule has 1 amide bonds. The van der Waals surface area contributed by atoms with E-state index in [1.165, 1.54) is 42.5 Å². The monoisotopic (exact) mass is 350 g/mol. The van der Waals surface area contributed by atoms with Crippen molar-refractivity contribution in [2.75, 3.05) is 18.5 Å². The van der Waals surface area contributed by atoms with Crippen molar-refractivity contribution < 1.29 is 27.4 Å². The molecule has 25 heavy (non-hydrogen) atoms. The fraction of sp³-hybridized carbons (Fsp3) is 0.176. The van der Waals surface area contributed by atoms with E-state index in [1.807, 2.05) is 6.07 Å². The van der Waals surface area contributed by atoms with Crippen molar-refractivity contribution in [3.8, 4) is 17.6 Å². The maximum atomic E-state index is 12.2. The van der Waals surface area contributed by atoms with Gasteiger partial charge >= 0.3 is 6.18 Å². The maximum absolute atomic E-state index is 12.2. The number of hydrogen-bond donors (Lipinski definition) is 1. The molecule has 8 heteroatoms. The molecule has 2 aromatic rings. The number of alkyl halides is 3. The quantitative estimate of drug-likeness (QED) is 0.865. The van der Waals surface area contributed by atoms with Crippen LogP contribution >= 0.6 is 0 Å². The Morgan fingerprint density at radius 2 is 1.76 bits per heavy atom. The topological polar surface area (TPSA) is 71.3 Å². The largest absolute Gasteiger partial charge is 0.484 e. The molecule has 0 bridgehead atoms. The van der Waals surface area contributed by atoms with Crippen LogP contribution in [0.15, 0.2) is 48.5 Å². The average molecular weight is 350 g/mol. The Morgan fingerprint density at radius 3 is 2.40 bits per heavy atom. The molecule has 0 aliphatic rings. The second-order valence-corrected chi connectivity index (χ2v) is 4.87. The number of amides is 1. The highest BCUT2D eigenvalue weighted by Crippen LogP contribution is 2.26. The molecule has 5 nitrogen and oxygen atoms in total. The molecule has 0 heterocycles. The summed E-state index contributed by atoms with van der Waals surface area (Å²) in [5.74, 6) is -0.269. The molecule has 2 aromatic carbocycles. The number of ether oxygens (including phenoxy) is 2. The molecule has 0 aliphatic carbocycles. The summed E-state index contributed by atoms with van der Waals surface area (Å²) in [5.41, 5.74) is 0.563. The first-order valence-corrected chi connectivity index (χ1v) is 7.09. The smallest absolute Gasteiger partial charge is 0.422 e. The van der Waals surface area contributed by atoms with E-state index in [2.05, 4.69) is 10.1 Å². The van der Waals surface area contributed by atoms with Gasteiger partial charge < -0.3 is 14.8 Å². The number of carbonyl (C=O) groups excluding carboxylic acids is 1. The second-order valence-electron chi connectivity index (χ2n) is 4.87. The summed E-state index contributed by atoms with van der Waals surface area (Å²) < 4.78 is 46.7. The number of para-hydroxylation sites is 2. The number of carbonyl (C=O) groups is 1. The molecule has 0 aliphatic heterocycles. The zero-order valence-corrected chi connectivity index (χ0v) is 12.8. The first-order chi connectivity index (χ1) is 11.9. The summed E-state index contributed by atoms with van der Waals surface area (Å²) in [6.07, 6.45) is -4.48. The fourth-order valence-electron chi connectivity index (χ4n) is 1.82. The molecule has 0 radical (unpaired) electrons. The third-order valence-corrected chi connectivity index (χ3v) is 2.91. The zero-order valence-electron chi connectivity index (χ0n) is 12.8. The van der Waals surface area contributed by atoms with Crippen LogP contribution in [-0.4, -0.2) is 25.3 Å². The van der Waals surface area contributed by atoms with Crippen molar-refractivity contribution in [1.82, 2.24) is 0 Å². The van der Waals surface area contributed by atoms with Crippen LogP contribution in [0.4, 0.5) is 18.9 Å². The van der Waals surface area contributed by atoms with Gasteiger partial charge in [-0.25, -0.2) is 0 Å². The lowest BCUT2D eigenvalue weighted by atomic mass is 10.2. The third kappa shape index (κ3) is 6.06. The van der Waals surface area contributed by atoms with Gasteiger partial charge in [0.05, 0.1) is 17.3 Å². The van der Waals surface area contributed by atoms with Crippen LogP contribution < -0.4 is 14.8 Å². The van der Waals surface area contributed by atoms with Gasteiger partial charge in [-0.2, -0.15) is 18.4 Å². The lowest BCUT2D eigenvalue weighted by Crippen LogP contribution is -2.22. The minimum Gasteiger partial charge on any atom is -0.484 e. The molecule has 130 valence electrons. The molecule has 0 spiro atoms. The van der Waals surface area contributed by atoms with E-state index in [4.69, 9.17) is 10.00 Å². The van der Waals surface area contributed by atoms with Gasteiger partial charge in [0.2, 0.25) is 0 Å². The summed E-state index contributed by atoms with van der Waals surface area (Å²) in [5, 5.41) is 11.1. The first kappa shape index (κ1) is 18.1. The number of rotatable bonds is 6. The maximum Gasteiger partial charge on any atom is 0.422 e. The molecular weight excluding hydrogens is 337 g/mol. The lowest BCUT2D eigenvalue weighted by molar-refractivity contribution is -0.153. The van der Waals surface area contributed by atoms with Crippen LogP contribution in [0.2, 0.25) is 0 Å². The number of nitrogens with one attached hydrogen (secondary N) is 1. The molecule has 0 saturated heterocycles. The van der Waals surface area contributed by atoms with Gasteiger partial charge in [-0.3, -0.25) is 4.79 Å². The highest BCUT2D eigenvalue weighted by Gasteiger charge is 2.28. The SMILES string of the molecule is N#Cc1ccc(OCC(=O)Nc2ccccc2OCC(F)(F)F)cc1. The van der Waals surface area contributed by atoms with Crippen molar-refractivity contribution in [2.45, 2.75) is 6.18 Å². The van der Waals surface area contributed by atoms with Crippen molar-refractivity contribution in [3.05, 3.63) is 54.1 Å². The Balaban J connectivity index is 1.92. The molecular formula is C17H13F3N2O3. The Hall–Kier alpha value is -3.21. The van der Waals surface area contributed by atoms with Crippen LogP contribution in [0.5, 0.6) is 11.5 Å². The van der Waals surface area contributed by atoms with Gasteiger partial charge in [-0.1, -0.05) is 12.1 Å². The van der Waals surface area contributed by atoms with Crippen LogP contribution in [-0.2, 0) is 4.79 Å². The number of nitriles is 1. The van der Waals surface area contributed by atoms with Gasteiger partial charge in [0.15, 0.2) is 13.2 Å². The van der Waals surface area contributed by atoms with Gasteiger partial charge in [0, 0.05) is 0 Å². The summed E-state index contributed by atoms with van der Waals surface area (Å²) in [7, 11) is 0. The highest BCUT2D eigenvalue weighted by molar-refractivity contribution is 5.93. The summed E-state index contributed by atoms with van der Waals surface area (Å²) in [6, 6.07) is 13.9. The molecule has 0 saturated carbocycles. The molecule has 0 unspecified atom stereocenters. The van der Waals surface area contributed by atoms with Gasteiger partial charge in [-0.05, 0) is 36.4 Å². The van der Waals surface area contributed by atoms with Crippen molar-refractivity contribution >= 4 is 11.6 Å². The predicted octanol–water partition coefficient (Wildman–Crippen LogP) is 3.52. The minimum absolute atomic E-state index is 0.0912. The average Bonchev–Trinajstić information content (AvgIpc) is 2.59. The predicted molar refractivity (Wildman–Crippen MR) is 83.3 cm³/mol. The number of anilines is 1. The zero-order chi connectivity index (χ0) is 18.3. The van der Waals surface area contributed by atoms with E-state index in [0.29, 0.717) is 11.3 Å². The van der Waals surface area contributed by atoms with Crippen molar-refractivity contribution in [1.29, 1.82) is 5.26 Å². The Bertz CT molecular complexity index is 768. The van der Waals surface area contributed by atoms with E-state index in [0.717, 1.165) is 0 Å². The summed E-state index contributed by atoms with van der Waals surface area (Å²) >= 11 is 0. The van der Waals surface area contributed by atoms with Gasteiger partial charge in [0.1, 0.15) is 11.5 Å². The third-order valence-electron chi connectivity index (χ3n) is 2.91. The molecule has 1 N–H and O–H groups in total. The van der Waals surface area contributed by atoms with E-state index >= 15 is 0 Å². The van der Waals surface area contributed by atoms with Crippen LogP contribution in [0, 0.1) is 11.3 Å². The first-order valence-electron chi connectivity index (χ1n) is 7.09. The minimum atomic E-state index is -4.48.